The van der Waals surface area contributed by atoms with Crippen molar-refractivity contribution in [2.45, 2.75) is 25.8 Å². The largest absolute Gasteiger partial charge is 0.381 e. The highest BCUT2D eigenvalue weighted by molar-refractivity contribution is 6.30. The average Bonchev–Trinajstić information content (AvgIpc) is 2.47. The molecule has 1 unspecified atom stereocenters. The predicted molar refractivity (Wildman–Crippen MR) is 81.0 cm³/mol. The van der Waals surface area contributed by atoms with Gasteiger partial charge in [0.2, 0.25) is 0 Å². The summed E-state index contributed by atoms with van der Waals surface area (Å²) in [6.45, 7) is 4.26. The Bertz CT molecular complexity index is 458. The Balaban J connectivity index is 2.06. The third-order valence-corrected chi connectivity index (χ3v) is 4.53. The Kier molecular flexibility index (Phi) is 5.19. The van der Waals surface area contributed by atoms with Crippen molar-refractivity contribution in [3.63, 3.8) is 0 Å². The first-order chi connectivity index (χ1) is 9.56. The number of benzene rings is 1. The van der Waals surface area contributed by atoms with Gasteiger partial charge >= 0.3 is 0 Å². The van der Waals surface area contributed by atoms with Crippen LogP contribution in [0.3, 0.4) is 0 Å². The van der Waals surface area contributed by atoms with E-state index in [2.05, 4.69) is 24.9 Å². The van der Waals surface area contributed by atoms with Crippen LogP contribution in [0.25, 0.3) is 0 Å². The SMILES string of the molecule is CC(c1cccc(Cl)c1)N(C)CC1(C=O)CCOCC1. The highest BCUT2D eigenvalue weighted by atomic mass is 35.5. The monoisotopic (exact) mass is 295 g/mol. The summed E-state index contributed by atoms with van der Waals surface area (Å²) < 4.78 is 5.37. The lowest BCUT2D eigenvalue weighted by atomic mass is 9.81. The molecule has 0 N–H and O–H groups in total. The Morgan fingerprint density at radius 3 is 2.75 bits per heavy atom. The normalized spacial score (nSPS) is 19.8. The van der Waals surface area contributed by atoms with Crippen LogP contribution in [0.5, 0.6) is 0 Å². The van der Waals surface area contributed by atoms with E-state index in [-0.39, 0.29) is 11.5 Å². The van der Waals surface area contributed by atoms with E-state index in [0.717, 1.165) is 30.7 Å². The van der Waals surface area contributed by atoms with Crippen molar-refractivity contribution in [3.05, 3.63) is 34.9 Å². The number of carbonyl (C=O) groups excluding carboxylic acids is 1. The summed E-state index contributed by atoms with van der Waals surface area (Å²) in [7, 11) is 2.06. The lowest BCUT2D eigenvalue weighted by molar-refractivity contribution is -0.123. The van der Waals surface area contributed by atoms with Crippen LogP contribution in [0, 0.1) is 5.41 Å². The van der Waals surface area contributed by atoms with Gasteiger partial charge in [0.1, 0.15) is 6.29 Å². The Labute approximate surface area is 125 Å². The van der Waals surface area contributed by atoms with Gasteiger partial charge in [-0.2, -0.15) is 0 Å². The minimum atomic E-state index is -0.264. The van der Waals surface area contributed by atoms with Crippen molar-refractivity contribution in [1.82, 2.24) is 4.90 Å². The van der Waals surface area contributed by atoms with Gasteiger partial charge in [0, 0.05) is 36.2 Å². The van der Waals surface area contributed by atoms with Crippen LogP contribution in [0.2, 0.25) is 5.02 Å². The number of rotatable bonds is 5. The van der Waals surface area contributed by atoms with Gasteiger partial charge in [-0.3, -0.25) is 4.90 Å². The van der Waals surface area contributed by atoms with E-state index in [1.54, 1.807) is 0 Å². The molecule has 4 heteroatoms. The zero-order valence-corrected chi connectivity index (χ0v) is 12.9. The van der Waals surface area contributed by atoms with Gasteiger partial charge in [0.25, 0.3) is 0 Å². The highest BCUT2D eigenvalue weighted by Gasteiger charge is 2.34. The van der Waals surface area contributed by atoms with Crippen LogP contribution in [-0.2, 0) is 9.53 Å². The van der Waals surface area contributed by atoms with Crippen molar-refractivity contribution in [1.29, 1.82) is 0 Å². The summed E-state index contributed by atoms with van der Waals surface area (Å²) in [4.78, 5) is 13.8. The van der Waals surface area contributed by atoms with Crippen molar-refractivity contribution < 1.29 is 9.53 Å². The molecule has 1 aromatic rings. The first kappa shape index (κ1) is 15.5. The molecule has 1 aliphatic rings. The molecule has 0 radical (unpaired) electrons. The summed E-state index contributed by atoms with van der Waals surface area (Å²) in [6, 6.07) is 8.13. The van der Waals surface area contributed by atoms with E-state index in [9.17, 15) is 4.79 Å². The van der Waals surface area contributed by atoms with E-state index >= 15 is 0 Å². The number of aldehydes is 1. The number of ether oxygens (including phenoxy) is 1. The second-order valence-corrected chi connectivity index (χ2v) is 6.18. The van der Waals surface area contributed by atoms with Crippen LogP contribution in [-0.4, -0.2) is 38.0 Å². The molecule has 0 bridgehead atoms. The predicted octanol–water partition coefficient (Wildman–Crippen LogP) is 3.33. The van der Waals surface area contributed by atoms with Crippen molar-refractivity contribution in [2.75, 3.05) is 26.8 Å². The Hall–Kier alpha value is -0.900. The quantitative estimate of drug-likeness (QED) is 0.781. The molecule has 0 amide bonds. The van der Waals surface area contributed by atoms with Crippen molar-refractivity contribution in [3.8, 4) is 0 Å². The Morgan fingerprint density at radius 1 is 1.45 bits per heavy atom. The molecular formula is C16H22ClNO2. The lowest BCUT2D eigenvalue weighted by Crippen LogP contribution is -2.42. The molecule has 1 aromatic carbocycles. The molecule has 0 aromatic heterocycles. The van der Waals surface area contributed by atoms with Crippen LogP contribution < -0.4 is 0 Å². The van der Waals surface area contributed by atoms with Gasteiger partial charge < -0.3 is 9.53 Å². The fourth-order valence-electron chi connectivity index (χ4n) is 2.75. The maximum absolute atomic E-state index is 11.5. The first-order valence-electron chi connectivity index (χ1n) is 7.06. The number of carbonyl (C=O) groups is 1. The number of hydrogen-bond acceptors (Lipinski definition) is 3. The van der Waals surface area contributed by atoms with Crippen molar-refractivity contribution in [2.24, 2.45) is 5.41 Å². The molecule has 0 saturated carbocycles. The smallest absolute Gasteiger partial charge is 0.127 e. The zero-order valence-electron chi connectivity index (χ0n) is 12.1. The zero-order chi connectivity index (χ0) is 14.6. The van der Waals surface area contributed by atoms with E-state index in [1.165, 1.54) is 5.56 Å². The number of halogens is 1. The summed E-state index contributed by atoms with van der Waals surface area (Å²) in [5, 5.41) is 0.749. The van der Waals surface area contributed by atoms with Crippen LogP contribution in [0.4, 0.5) is 0 Å². The fraction of sp³-hybridized carbons (Fsp3) is 0.562. The first-order valence-corrected chi connectivity index (χ1v) is 7.44. The maximum atomic E-state index is 11.5. The topological polar surface area (TPSA) is 29.5 Å². The third-order valence-electron chi connectivity index (χ3n) is 4.30. The van der Waals surface area contributed by atoms with E-state index < -0.39 is 0 Å². The Morgan fingerprint density at radius 2 is 2.15 bits per heavy atom. The molecule has 2 rings (SSSR count). The summed E-state index contributed by atoms with van der Waals surface area (Å²) in [5.41, 5.74) is 0.910. The van der Waals surface area contributed by atoms with Gasteiger partial charge in [0.05, 0.1) is 0 Å². The second-order valence-electron chi connectivity index (χ2n) is 5.74. The van der Waals surface area contributed by atoms with Gasteiger partial charge in [-0.1, -0.05) is 23.7 Å². The minimum absolute atomic E-state index is 0.230. The molecular weight excluding hydrogens is 274 g/mol. The number of nitrogens with zero attached hydrogens (tertiary/aromatic N) is 1. The molecule has 1 fully saturated rings. The van der Waals surface area contributed by atoms with E-state index in [4.69, 9.17) is 16.3 Å². The molecule has 3 nitrogen and oxygen atoms in total. The molecule has 1 aliphatic heterocycles. The van der Waals surface area contributed by atoms with Crippen molar-refractivity contribution >= 4 is 17.9 Å². The van der Waals surface area contributed by atoms with Gasteiger partial charge in [-0.25, -0.2) is 0 Å². The second kappa shape index (κ2) is 6.70. The molecule has 1 saturated heterocycles. The highest BCUT2D eigenvalue weighted by Crippen LogP contribution is 2.32. The summed E-state index contributed by atoms with van der Waals surface area (Å²) >= 11 is 6.05. The van der Waals surface area contributed by atoms with Gasteiger partial charge in [-0.05, 0) is 44.5 Å². The molecule has 1 atom stereocenters. The van der Waals surface area contributed by atoms with Crippen LogP contribution in [0.1, 0.15) is 31.4 Å². The van der Waals surface area contributed by atoms with Gasteiger partial charge in [-0.15, -0.1) is 0 Å². The van der Waals surface area contributed by atoms with Crippen LogP contribution >= 0.6 is 11.6 Å². The number of hydrogen-bond donors (Lipinski definition) is 0. The average molecular weight is 296 g/mol. The molecule has 20 heavy (non-hydrogen) atoms. The summed E-state index contributed by atoms with van der Waals surface area (Å²) in [6.07, 6.45) is 2.74. The van der Waals surface area contributed by atoms with Gasteiger partial charge in [0.15, 0.2) is 0 Å². The molecule has 0 spiro atoms. The summed E-state index contributed by atoms with van der Waals surface area (Å²) in [5.74, 6) is 0. The molecule has 110 valence electrons. The standard InChI is InChI=1S/C16H22ClNO2/c1-13(14-4-3-5-15(17)10-14)18(2)11-16(12-19)6-8-20-9-7-16/h3-5,10,12-13H,6-9,11H2,1-2H3. The molecule has 0 aliphatic carbocycles. The maximum Gasteiger partial charge on any atom is 0.127 e. The van der Waals surface area contributed by atoms with E-state index in [0.29, 0.717) is 13.2 Å². The lowest BCUT2D eigenvalue weighted by Gasteiger charge is -2.37. The minimum Gasteiger partial charge on any atom is -0.381 e. The third kappa shape index (κ3) is 3.60. The molecule has 1 heterocycles. The fourth-order valence-corrected chi connectivity index (χ4v) is 2.94. The van der Waals surface area contributed by atoms with E-state index in [1.807, 2.05) is 18.2 Å². The van der Waals surface area contributed by atoms with Crippen LogP contribution in [0.15, 0.2) is 24.3 Å².